The van der Waals surface area contributed by atoms with E-state index in [0.717, 1.165) is 18.0 Å². The Hall–Kier alpha value is -0.0800. The molecule has 16 heavy (non-hydrogen) atoms. The van der Waals surface area contributed by atoms with Crippen molar-refractivity contribution < 1.29 is 0 Å². The summed E-state index contributed by atoms with van der Waals surface area (Å²) < 4.78 is 0. The molecule has 0 heterocycles. The van der Waals surface area contributed by atoms with E-state index in [4.69, 9.17) is 0 Å². The summed E-state index contributed by atoms with van der Waals surface area (Å²) in [5.74, 6) is 1.04. The summed E-state index contributed by atoms with van der Waals surface area (Å²) >= 11 is 0. The maximum Gasteiger partial charge on any atom is 0.0221 e. The summed E-state index contributed by atoms with van der Waals surface area (Å²) in [5.41, 5.74) is 0. The van der Waals surface area contributed by atoms with Gasteiger partial charge >= 0.3 is 0 Å². The fraction of sp³-hybridized carbons (Fsp3) is 1.00. The van der Waals surface area contributed by atoms with E-state index in [9.17, 15) is 0 Å². The molecule has 94 valence electrons. The second kappa shape index (κ2) is 5.50. The quantitative estimate of drug-likeness (QED) is 0.682. The van der Waals surface area contributed by atoms with Gasteiger partial charge in [0.2, 0.25) is 0 Å². The van der Waals surface area contributed by atoms with Crippen LogP contribution in [0.1, 0.15) is 52.9 Å². The van der Waals surface area contributed by atoms with Crippen LogP contribution in [-0.4, -0.2) is 36.1 Å². The number of nitrogens with zero attached hydrogens (tertiary/aromatic N) is 1. The van der Waals surface area contributed by atoms with Crippen LogP contribution in [-0.2, 0) is 0 Å². The molecule has 2 rings (SSSR count). The molecule has 0 amide bonds. The maximum absolute atomic E-state index is 3.61. The van der Waals surface area contributed by atoms with Gasteiger partial charge in [-0.3, -0.25) is 4.90 Å². The third kappa shape index (κ3) is 3.74. The van der Waals surface area contributed by atoms with Gasteiger partial charge in [-0.2, -0.15) is 0 Å². The van der Waals surface area contributed by atoms with Gasteiger partial charge in [0, 0.05) is 31.2 Å². The molecule has 0 bridgehead atoms. The lowest BCUT2D eigenvalue weighted by Gasteiger charge is -2.32. The predicted octanol–water partition coefficient (Wildman–Crippen LogP) is 2.64. The standard InChI is InChI=1S/C14H28N2/c1-4-13(9-15-11(2)3)16(14-7-8-14)10-12-5-6-12/h11-15H,4-10H2,1-3H3. The van der Waals surface area contributed by atoms with Gasteiger partial charge in [-0.15, -0.1) is 0 Å². The second-order valence-corrected chi connectivity index (χ2v) is 6.00. The first-order valence-electron chi connectivity index (χ1n) is 7.19. The molecule has 2 nitrogen and oxygen atoms in total. The topological polar surface area (TPSA) is 15.3 Å². The second-order valence-electron chi connectivity index (χ2n) is 6.00. The third-order valence-electron chi connectivity index (χ3n) is 3.88. The van der Waals surface area contributed by atoms with Crippen molar-refractivity contribution in [2.24, 2.45) is 5.92 Å². The molecule has 0 saturated heterocycles. The van der Waals surface area contributed by atoms with Crippen LogP contribution in [0.4, 0.5) is 0 Å². The molecular weight excluding hydrogens is 196 g/mol. The van der Waals surface area contributed by atoms with Crippen molar-refractivity contribution in [1.82, 2.24) is 10.2 Å². The van der Waals surface area contributed by atoms with Crippen molar-refractivity contribution in [2.45, 2.75) is 71.0 Å². The van der Waals surface area contributed by atoms with E-state index in [-0.39, 0.29) is 0 Å². The van der Waals surface area contributed by atoms with Crippen LogP contribution in [0.15, 0.2) is 0 Å². The highest BCUT2D eigenvalue weighted by molar-refractivity contribution is 4.92. The number of hydrogen-bond acceptors (Lipinski definition) is 2. The highest BCUT2D eigenvalue weighted by Gasteiger charge is 2.36. The van der Waals surface area contributed by atoms with Crippen LogP contribution in [0.3, 0.4) is 0 Å². The van der Waals surface area contributed by atoms with Crippen molar-refractivity contribution in [3.05, 3.63) is 0 Å². The highest BCUT2D eigenvalue weighted by Crippen LogP contribution is 2.36. The SMILES string of the molecule is CCC(CNC(C)C)N(CC1CC1)C1CC1. The fourth-order valence-electron chi connectivity index (χ4n) is 2.47. The van der Waals surface area contributed by atoms with Crippen LogP contribution in [0, 0.1) is 5.92 Å². The first-order chi connectivity index (χ1) is 7.70. The van der Waals surface area contributed by atoms with Gasteiger partial charge in [0.1, 0.15) is 0 Å². The minimum atomic E-state index is 0.621. The van der Waals surface area contributed by atoms with Crippen LogP contribution in [0.25, 0.3) is 0 Å². The monoisotopic (exact) mass is 224 g/mol. The Labute approximate surface area is 101 Å². The van der Waals surface area contributed by atoms with Gasteiger partial charge in [0.25, 0.3) is 0 Å². The first kappa shape index (κ1) is 12.4. The van der Waals surface area contributed by atoms with Gasteiger partial charge in [-0.25, -0.2) is 0 Å². The molecule has 1 unspecified atom stereocenters. The Morgan fingerprint density at radius 1 is 1.19 bits per heavy atom. The number of hydrogen-bond donors (Lipinski definition) is 1. The Bertz CT molecular complexity index is 207. The van der Waals surface area contributed by atoms with E-state index in [2.05, 4.69) is 31.0 Å². The summed E-state index contributed by atoms with van der Waals surface area (Å²) in [6.07, 6.45) is 7.16. The summed E-state index contributed by atoms with van der Waals surface area (Å²) in [7, 11) is 0. The Kier molecular flexibility index (Phi) is 4.26. The van der Waals surface area contributed by atoms with Crippen LogP contribution in [0.2, 0.25) is 0 Å². The van der Waals surface area contributed by atoms with Crippen LogP contribution in [0.5, 0.6) is 0 Å². The van der Waals surface area contributed by atoms with Crippen LogP contribution < -0.4 is 5.32 Å². The van der Waals surface area contributed by atoms with Crippen LogP contribution >= 0.6 is 0 Å². The molecule has 2 saturated carbocycles. The van der Waals surface area contributed by atoms with Gasteiger partial charge in [0.15, 0.2) is 0 Å². The summed E-state index contributed by atoms with van der Waals surface area (Å²) in [4.78, 5) is 2.81. The van der Waals surface area contributed by atoms with Gasteiger partial charge < -0.3 is 5.32 Å². The molecule has 1 N–H and O–H groups in total. The molecule has 0 aliphatic heterocycles. The predicted molar refractivity (Wildman–Crippen MR) is 69.7 cm³/mol. The maximum atomic E-state index is 3.61. The summed E-state index contributed by atoms with van der Waals surface area (Å²) in [6.45, 7) is 9.39. The lowest BCUT2D eigenvalue weighted by molar-refractivity contribution is 0.167. The minimum Gasteiger partial charge on any atom is -0.313 e. The van der Waals surface area contributed by atoms with E-state index in [1.54, 1.807) is 0 Å². The normalized spacial score (nSPS) is 23.1. The average Bonchev–Trinajstić information content (AvgIpc) is 3.10. The van der Waals surface area contributed by atoms with E-state index in [0.29, 0.717) is 6.04 Å². The van der Waals surface area contributed by atoms with Gasteiger partial charge in [-0.05, 0) is 38.0 Å². The first-order valence-corrected chi connectivity index (χ1v) is 7.19. The van der Waals surface area contributed by atoms with Crippen molar-refractivity contribution >= 4 is 0 Å². The number of rotatable bonds is 8. The molecule has 0 aromatic heterocycles. The molecule has 1 atom stereocenters. The lowest BCUT2D eigenvalue weighted by Crippen LogP contribution is -2.45. The zero-order valence-corrected chi connectivity index (χ0v) is 11.2. The van der Waals surface area contributed by atoms with E-state index in [1.807, 2.05) is 0 Å². The van der Waals surface area contributed by atoms with E-state index in [1.165, 1.54) is 45.2 Å². The third-order valence-corrected chi connectivity index (χ3v) is 3.88. The molecule has 2 aliphatic carbocycles. The molecule has 0 spiro atoms. The summed E-state index contributed by atoms with van der Waals surface area (Å²) in [5, 5.41) is 3.61. The van der Waals surface area contributed by atoms with Gasteiger partial charge in [-0.1, -0.05) is 20.8 Å². The smallest absolute Gasteiger partial charge is 0.0221 e. The molecule has 2 aliphatic rings. The molecule has 0 aromatic carbocycles. The molecule has 2 fully saturated rings. The average molecular weight is 224 g/mol. The number of nitrogens with one attached hydrogen (secondary N) is 1. The molecule has 0 radical (unpaired) electrons. The fourth-order valence-corrected chi connectivity index (χ4v) is 2.47. The molecule has 0 aromatic rings. The Morgan fingerprint density at radius 2 is 1.88 bits per heavy atom. The lowest BCUT2D eigenvalue weighted by atomic mass is 10.1. The van der Waals surface area contributed by atoms with Crippen molar-refractivity contribution in [2.75, 3.05) is 13.1 Å². The molecular formula is C14H28N2. The minimum absolute atomic E-state index is 0.621. The summed E-state index contributed by atoms with van der Waals surface area (Å²) in [6, 6.07) is 2.33. The zero-order valence-electron chi connectivity index (χ0n) is 11.2. The Morgan fingerprint density at radius 3 is 2.31 bits per heavy atom. The van der Waals surface area contributed by atoms with E-state index >= 15 is 0 Å². The van der Waals surface area contributed by atoms with Crippen molar-refractivity contribution in [3.63, 3.8) is 0 Å². The largest absolute Gasteiger partial charge is 0.313 e. The highest BCUT2D eigenvalue weighted by atomic mass is 15.2. The van der Waals surface area contributed by atoms with Crippen molar-refractivity contribution in [1.29, 1.82) is 0 Å². The molecule has 2 heteroatoms. The van der Waals surface area contributed by atoms with Crippen molar-refractivity contribution in [3.8, 4) is 0 Å². The zero-order chi connectivity index (χ0) is 11.5. The van der Waals surface area contributed by atoms with Gasteiger partial charge in [0.05, 0.1) is 0 Å². The Balaban J connectivity index is 1.81. The van der Waals surface area contributed by atoms with E-state index < -0.39 is 0 Å².